The van der Waals surface area contributed by atoms with Crippen LogP contribution in [0.5, 0.6) is 0 Å². The largest absolute Gasteiger partial charge is 0.445 e. The normalized spacial score (nSPS) is 11.7. The number of nitro groups is 1. The molecule has 16 nitrogen and oxygen atoms in total. The number of anilines is 1. The first-order chi connectivity index (χ1) is 20.0. The average Bonchev–Trinajstić information content (AvgIpc) is 2.95. The number of hydrogen-bond donors (Lipinski definition) is 7. The summed E-state index contributed by atoms with van der Waals surface area (Å²) in [5.74, 6) is -1.48. The van der Waals surface area contributed by atoms with Gasteiger partial charge < -0.3 is 43.6 Å². The van der Waals surface area contributed by atoms with Crippen molar-refractivity contribution in [2.24, 2.45) is 32.9 Å². The van der Waals surface area contributed by atoms with Crippen molar-refractivity contribution in [3.8, 4) is 0 Å². The van der Waals surface area contributed by atoms with Crippen LogP contribution >= 0.6 is 0 Å². The van der Waals surface area contributed by atoms with Crippen molar-refractivity contribution in [2.45, 2.75) is 44.4 Å². The molecule has 0 saturated carbocycles. The lowest BCUT2D eigenvalue weighted by Crippen LogP contribution is -2.52. The van der Waals surface area contributed by atoms with Gasteiger partial charge in [0.15, 0.2) is 11.9 Å². The van der Waals surface area contributed by atoms with Crippen molar-refractivity contribution < 1.29 is 24.0 Å². The Labute approximate surface area is 242 Å². The van der Waals surface area contributed by atoms with E-state index < -0.39 is 34.9 Å². The molecule has 11 N–H and O–H groups in total. The molecule has 0 fully saturated rings. The number of nitrogens with two attached hydrogens (primary N) is 4. The maximum atomic E-state index is 13.3. The second-order valence-corrected chi connectivity index (χ2v) is 9.01. The number of carbonyl (C=O) groups is 3. The number of carbonyl (C=O) groups excluding carboxylic acids is 3. The number of alkyl carbamates (subject to hydrolysis) is 1. The lowest BCUT2D eigenvalue weighted by Gasteiger charge is -2.23. The summed E-state index contributed by atoms with van der Waals surface area (Å²) in [6, 6.07) is 12.0. The third-order valence-corrected chi connectivity index (χ3v) is 5.69. The molecule has 0 spiro atoms. The highest BCUT2D eigenvalue weighted by Crippen LogP contribution is 2.16. The molecule has 0 aromatic heterocycles. The number of guanidine groups is 2. The van der Waals surface area contributed by atoms with Crippen molar-refractivity contribution in [3.05, 3.63) is 70.3 Å². The lowest BCUT2D eigenvalue weighted by atomic mass is 10.1. The molecule has 226 valence electrons. The second-order valence-electron chi connectivity index (χ2n) is 9.01. The van der Waals surface area contributed by atoms with Crippen molar-refractivity contribution >= 4 is 41.2 Å². The molecule has 0 aliphatic rings. The second kappa shape index (κ2) is 17.3. The van der Waals surface area contributed by atoms with Crippen LogP contribution in [0.2, 0.25) is 0 Å². The van der Waals surface area contributed by atoms with E-state index in [0.29, 0.717) is 12.8 Å². The van der Waals surface area contributed by atoms with Crippen molar-refractivity contribution in [3.63, 3.8) is 0 Å². The molecule has 0 aliphatic heterocycles. The minimum absolute atomic E-state index is 0.0138. The van der Waals surface area contributed by atoms with Crippen LogP contribution in [0.15, 0.2) is 64.6 Å². The zero-order valence-corrected chi connectivity index (χ0v) is 22.9. The summed E-state index contributed by atoms with van der Waals surface area (Å²) in [4.78, 5) is 57.1. The molecule has 0 bridgehead atoms. The number of nitrogens with one attached hydrogen (secondary N) is 3. The number of non-ortho nitro benzene ring substituents is 1. The Morgan fingerprint density at radius 2 is 1.36 bits per heavy atom. The van der Waals surface area contributed by atoms with E-state index in [1.54, 1.807) is 24.3 Å². The fraction of sp³-hybridized carbons (Fsp3) is 0.346. The Bertz CT molecular complexity index is 1250. The topological polar surface area (TPSA) is 268 Å². The minimum atomic E-state index is -1.09. The Morgan fingerprint density at radius 1 is 0.810 bits per heavy atom. The predicted octanol–water partition coefficient (Wildman–Crippen LogP) is 0.420. The van der Waals surface area contributed by atoms with Gasteiger partial charge in [0.25, 0.3) is 5.69 Å². The molecule has 2 atom stereocenters. The van der Waals surface area contributed by atoms with Gasteiger partial charge in [-0.2, -0.15) is 0 Å². The number of nitrogens with zero attached hydrogens (tertiary/aromatic N) is 3. The van der Waals surface area contributed by atoms with Gasteiger partial charge in [-0.25, -0.2) is 4.79 Å². The van der Waals surface area contributed by atoms with E-state index in [0.717, 1.165) is 5.56 Å². The molecule has 3 amide bonds. The van der Waals surface area contributed by atoms with Gasteiger partial charge in [-0.3, -0.25) is 29.7 Å². The number of benzene rings is 2. The summed E-state index contributed by atoms with van der Waals surface area (Å²) in [6.07, 6.45) is 0.103. The summed E-state index contributed by atoms with van der Waals surface area (Å²) in [6.45, 7) is 0.390. The summed E-state index contributed by atoms with van der Waals surface area (Å²) >= 11 is 0. The zero-order chi connectivity index (χ0) is 30.9. The number of hydrogen-bond acceptors (Lipinski definition) is 8. The van der Waals surface area contributed by atoms with Crippen molar-refractivity contribution in [1.29, 1.82) is 0 Å². The molecule has 0 heterocycles. The summed E-state index contributed by atoms with van der Waals surface area (Å²) in [7, 11) is 0. The molecular formula is C26H36N10O6. The Morgan fingerprint density at radius 3 is 1.88 bits per heavy atom. The van der Waals surface area contributed by atoms with Crippen LogP contribution in [0, 0.1) is 10.1 Å². The van der Waals surface area contributed by atoms with Crippen molar-refractivity contribution in [2.75, 3.05) is 18.4 Å². The molecule has 0 radical (unpaired) electrons. The molecule has 0 unspecified atom stereocenters. The first-order valence-electron chi connectivity index (χ1n) is 13.0. The van der Waals surface area contributed by atoms with Crippen LogP contribution in [0.4, 0.5) is 16.2 Å². The summed E-state index contributed by atoms with van der Waals surface area (Å²) in [5.41, 5.74) is 22.3. The van der Waals surface area contributed by atoms with Crippen molar-refractivity contribution in [1.82, 2.24) is 10.6 Å². The van der Waals surface area contributed by atoms with Gasteiger partial charge in [-0.1, -0.05) is 30.3 Å². The van der Waals surface area contributed by atoms with Crippen LogP contribution in [-0.4, -0.2) is 59.9 Å². The van der Waals surface area contributed by atoms with E-state index >= 15 is 0 Å². The Hall–Kier alpha value is -5.41. The quantitative estimate of drug-likeness (QED) is 0.0469. The van der Waals surface area contributed by atoms with E-state index in [1.165, 1.54) is 24.3 Å². The first kappa shape index (κ1) is 32.8. The molecule has 0 saturated heterocycles. The zero-order valence-electron chi connectivity index (χ0n) is 22.9. The maximum absolute atomic E-state index is 13.3. The fourth-order valence-electron chi connectivity index (χ4n) is 3.62. The number of nitro benzene ring substituents is 1. The molecule has 0 aliphatic carbocycles. The van der Waals surface area contributed by atoms with E-state index in [9.17, 15) is 24.5 Å². The third kappa shape index (κ3) is 12.6. The van der Waals surface area contributed by atoms with Crippen LogP contribution in [0.1, 0.15) is 31.2 Å². The Balaban J connectivity index is 2.14. The predicted molar refractivity (Wildman–Crippen MR) is 157 cm³/mol. The molecule has 16 heteroatoms. The van der Waals surface area contributed by atoms with E-state index in [1.807, 2.05) is 6.07 Å². The van der Waals surface area contributed by atoms with Crippen LogP contribution in [0.3, 0.4) is 0 Å². The van der Waals surface area contributed by atoms with E-state index in [-0.39, 0.29) is 55.8 Å². The summed E-state index contributed by atoms with van der Waals surface area (Å²) < 4.78 is 5.25. The molecule has 42 heavy (non-hydrogen) atoms. The van der Waals surface area contributed by atoms with Crippen LogP contribution < -0.4 is 38.9 Å². The Kier molecular flexibility index (Phi) is 13.5. The van der Waals surface area contributed by atoms with E-state index in [4.69, 9.17) is 27.7 Å². The highest BCUT2D eigenvalue weighted by Gasteiger charge is 2.27. The van der Waals surface area contributed by atoms with Gasteiger partial charge in [-0.15, -0.1) is 0 Å². The first-order valence-corrected chi connectivity index (χ1v) is 13.0. The average molecular weight is 585 g/mol. The highest BCUT2D eigenvalue weighted by atomic mass is 16.6. The molecule has 2 rings (SSSR count). The number of aliphatic imine (C=N–C) groups is 2. The third-order valence-electron chi connectivity index (χ3n) is 5.69. The SMILES string of the molecule is NC(N)=NCCC[C@H](NC(=O)OCc1ccccc1)C(=O)N[C@@H](CCCN=C(N)N)C(=O)Nc1ccc([N+](=O)[O-])cc1. The van der Waals surface area contributed by atoms with Gasteiger partial charge in [0.2, 0.25) is 11.8 Å². The lowest BCUT2D eigenvalue weighted by molar-refractivity contribution is -0.384. The van der Waals surface area contributed by atoms with E-state index in [2.05, 4.69) is 25.9 Å². The smallest absolute Gasteiger partial charge is 0.408 e. The molecular weight excluding hydrogens is 548 g/mol. The fourth-order valence-corrected chi connectivity index (χ4v) is 3.62. The van der Waals surface area contributed by atoms with Crippen LogP contribution in [0.25, 0.3) is 0 Å². The van der Waals surface area contributed by atoms with Gasteiger partial charge in [-0.05, 0) is 43.4 Å². The highest BCUT2D eigenvalue weighted by molar-refractivity contribution is 5.98. The minimum Gasteiger partial charge on any atom is -0.445 e. The van der Waals surface area contributed by atoms with Gasteiger partial charge in [0.05, 0.1) is 4.92 Å². The number of amides is 3. The summed E-state index contributed by atoms with van der Waals surface area (Å²) in [5, 5.41) is 18.7. The number of rotatable bonds is 16. The maximum Gasteiger partial charge on any atom is 0.408 e. The van der Waals surface area contributed by atoms with Gasteiger partial charge in [0.1, 0.15) is 18.7 Å². The van der Waals surface area contributed by atoms with Gasteiger partial charge >= 0.3 is 6.09 Å². The number of ether oxygens (including phenoxy) is 1. The van der Waals surface area contributed by atoms with Gasteiger partial charge in [0, 0.05) is 30.9 Å². The standard InChI is InChI=1S/C26H36N10O6/c27-24(28)31-14-4-8-20(22(37)33-18-10-12-19(13-11-18)36(40)41)34-23(38)21(9-5-15-32-25(29)30)35-26(39)42-16-17-6-2-1-3-7-17/h1-3,6-7,10-13,20-21H,4-5,8-9,14-16H2,(H,33,37)(H,34,38)(H,35,39)(H4,27,28,31)(H4,29,30,32)/t20-,21-/m0/s1. The van der Waals surface area contributed by atoms with Crippen LogP contribution in [-0.2, 0) is 20.9 Å². The monoisotopic (exact) mass is 584 g/mol. The molecule has 2 aromatic carbocycles. The molecule has 2 aromatic rings.